The molecule has 0 unspecified atom stereocenters. The number of aromatic nitrogens is 5. The molecule has 2 aromatic heterocycles. The van der Waals surface area contributed by atoms with Crippen molar-refractivity contribution in [1.82, 2.24) is 24.7 Å². The van der Waals surface area contributed by atoms with Crippen molar-refractivity contribution in [3.8, 4) is 22.5 Å². The predicted octanol–water partition coefficient (Wildman–Crippen LogP) is 3.32. The molecular weight excluding hydrogens is 345 g/mol. The summed E-state index contributed by atoms with van der Waals surface area (Å²) in [5, 5.41) is 6.30. The van der Waals surface area contributed by atoms with Crippen molar-refractivity contribution < 1.29 is 4.39 Å². The number of benzene rings is 2. The predicted molar refractivity (Wildman–Crippen MR) is 101 cm³/mol. The van der Waals surface area contributed by atoms with Crippen LogP contribution < -0.4 is 5.69 Å². The van der Waals surface area contributed by atoms with Crippen LogP contribution in [0.3, 0.4) is 0 Å². The molecule has 136 valence electrons. The number of aromatic amines is 2. The molecule has 6 nitrogen and oxygen atoms in total. The van der Waals surface area contributed by atoms with E-state index in [4.69, 9.17) is 0 Å². The van der Waals surface area contributed by atoms with Crippen LogP contribution in [0.5, 0.6) is 0 Å². The SMILES string of the molecule is Cc1ccc(-c2c(-c3ccccc3)ncn2CCc2n[nH]c(=O)[nH]2)cc1F. The van der Waals surface area contributed by atoms with Crippen molar-refractivity contribution >= 4 is 0 Å². The molecule has 4 aromatic rings. The summed E-state index contributed by atoms with van der Waals surface area (Å²) in [7, 11) is 0. The van der Waals surface area contributed by atoms with Gasteiger partial charge < -0.3 is 4.57 Å². The summed E-state index contributed by atoms with van der Waals surface area (Å²) >= 11 is 0. The maximum Gasteiger partial charge on any atom is 0.340 e. The summed E-state index contributed by atoms with van der Waals surface area (Å²) < 4.78 is 16.2. The van der Waals surface area contributed by atoms with Gasteiger partial charge in [0, 0.05) is 24.1 Å². The van der Waals surface area contributed by atoms with Crippen LogP contribution in [-0.4, -0.2) is 24.7 Å². The van der Waals surface area contributed by atoms with Crippen LogP contribution in [0.2, 0.25) is 0 Å². The fourth-order valence-electron chi connectivity index (χ4n) is 3.05. The third-order valence-corrected chi connectivity index (χ3v) is 4.47. The Kier molecular flexibility index (Phi) is 4.42. The first-order chi connectivity index (χ1) is 13.1. The molecule has 0 aliphatic heterocycles. The van der Waals surface area contributed by atoms with E-state index in [1.807, 2.05) is 41.0 Å². The Morgan fingerprint density at radius 3 is 2.63 bits per heavy atom. The van der Waals surface area contributed by atoms with Crippen molar-refractivity contribution in [2.24, 2.45) is 0 Å². The highest BCUT2D eigenvalue weighted by Crippen LogP contribution is 2.32. The van der Waals surface area contributed by atoms with Gasteiger partial charge in [-0.15, -0.1) is 0 Å². The molecule has 2 heterocycles. The van der Waals surface area contributed by atoms with Crippen molar-refractivity contribution in [2.75, 3.05) is 0 Å². The first-order valence-corrected chi connectivity index (χ1v) is 8.62. The standard InChI is InChI=1S/C20H18FN5O/c1-13-7-8-15(11-16(13)21)19-18(14-5-3-2-4-6-14)22-12-26(19)10-9-17-23-20(27)25-24-17/h2-8,11-12H,9-10H2,1H3,(H2,23,24,25,27). The number of imidazole rings is 1. The van der Waals surface area contributed by atoms with E-state index in [9.17, 15) is 9.18 Å². The molecule has 0 spiro atoms. The number of H-pyrrole nitrogens is 2. The molecule has 0 aliphatic rings. The Hall–Kier alpha value is -3.48. The van der Waals surface area contributed by atoms with Gasteiger partial charge >= 0.3 is 5.69 Å². The van der Waals surface area contributed by atoms with Gasteiger partial charge in [0.1, 0.15) is 11.6 Å². The largest absolute Gasteiger partial charge is 0.340 e. The molecule has 4 rings (SSSR count). The molecule has 2 aromatic carbocycles. The Morgan fingerprint density at radius 2 is 1.93 bits per heavy atom. The van der Waals surface area contributed by atoms with Crippen LogP contribution in [0.1, 0.15) is 11.4 Å². The highest BCUT2D eigenvalue weighted by atomic mass is 19.1. The highest BCUT2D eigenvalue weighted by Gasteiger charge is 2.16. The van der Waals surface area contributed by atoms with E-state index in [0.29, 0.717) is 24.4 Å². The highest BCUT2D eigenvalue weighted by molar-refractivity contribution is 5.78. The third-order valence-electron chi connectivity index (χ3n) is 4.47. The molecule has 0 amide bonds. The van der Waals surface area contributed by atoms with Crippen molar-refractivity contribution in [3.05, 3.63) is 82.5 Å². The Bertz CT molecular complexity index is 1130. The van der Waals surface area contributed by atoms with Crippen LogP contribution in [-0.2, 0) is 13.0 Å². The zero-order chi connectivity index (χ0) is 18.8. The minimum Gasteiger partial charge on any atom is -0.330 e. The van der Waals surface area contributed by atoms with E-state index < -0.39 is 0 Å². The number of rotatable bonds is 5. The smallest absolute Gasteiger partial charge is 0.330 e. The van der Waals surface area contributed by atoms with Gasteiger partial charge in [0.2, 0.25) is 0 Å². The van der Waals surface area contributed by atoms with Gasteiger partial charge in [0.25, 0.3) is 0 Å². The van der Waals surface area contributed by atoms with Crippen LogP contribution in [0.4, 0.5) is 4.39 Å². The van der Waals surface area contributed by atoms with E-state index in [2.05, 4.69) is 20.2 Å². The fourth-order valence-corrected chi connectivity index (χ4v) is 3.05. The number of nitrogens with zero attached hydrogens (tertiary/aromatic N) is 3. The average molecular weight is 363 g/mol. The lowest BCUT2D eigenvalue weighted by Gasteiger charge is -2.11. The van der Waals surface area contributed by atoms with Crippen molar-refractivity contribution in [2.45, 2.75) is 19.9 Å². The van der Waals surface area contributed by atoms with E-state index in [1.165, 1.54) is 6.07 Å². The molecule has 0 fully saturated rings. The minimum atomic E-state index is -0.332. The monoisotopic (exact) mass is 363 g/mol. The normalized spacial score (nSPS) is 11.0. The zero-order valence-electron chi connectivity index (χ0n) is 14.7. The van der Waals surface area contributed by atoms with E-state index in [0.717, 1.165) is 22.5 Å². The van der Waals surface area contributed by atoms with Gasteiger partial charge in [0.15, 0.2) is 0 Å². The zero-order valence-corrected chi connectivity index (χ0v) is 14.7. The van der Waals surface area contributed by atoms with Gasteiger partial charge in [0.05, 0.1) is 17.7 Å². The summed E-state index contributed by atoms with van der Waals surface area (Å²) in [6.07, 6.45) is 2.25. The number of hydrogen-bond donors (Lipinski definition) is 2. The number of nitrogens with one attached hydrogen (secondary N) is 2. The fraction of sp³-hybridized carbons (Fsp3) is 0.150. The molecule has 0 bridgehead atoms. The Labute approximate surface area is 154 Å². The number of halogens is 1. The van der Waals surface area contributed by atoms with Crippen molar-refractivity contribution in [3.63, 3.8) is 0 Å². The lowest BCUT2D eigenvalue weighted by Crippen LogP contribution is -2.05. The molecule has 0 atom stereocenters. The molecular formula is C20H18FN5O. The second-order valence-corrected chi connectivity index (χ2v) is 6.34. The van der Waals surface area contributed by atoms with Crippen molar-refractivity contribution in [1.29, 1.82) is 0 Å². The van der Waals surface area contributed by atoms with Crippen LogP contribution in [0, 0.1) is 12.7 Å². The summed E-state index contributed by atoms with van der Waals surface area (Å²) in [4.78, 5) is 18.4. The molecule has 27 heavy (non-hydrogen) atoms. The lowest BCUT2D eigenvalue weighted by atomic mass is 10.0. The molecule has 0 aliphatic carbocycles. The maximum atomic E-state index is 14.2. The average Bonchev–Trinajstić information content (AvgIpc) is 3.29. The first kappa shape index (κ1) is 17.0. The second-order valence-electron chi connectivity index (χ2n) is 6.34. The molecule has 7 heteroatoms. The topological polar surface area (TPSA) is 79.4 Å². The molecule has 0 radical (unpaired) electrons. The van der Waals surface area contributed by atoms with Crippen LogP contribution in [0.15, 0.2) is 59.7 Å². The molecule has 2 N–H and O–H groups in total. The molecule has 0 saturated heterocycles. The maximum absolute atomic E-state index is 14.2. The number of aryl methyl sites for hydroxylation is 3. The molecule has 0 saturated carbocycles. The van der Waals surface area contributed by atoms with Gasteiger partial charge in [-0.05, 0) is 18.6 Å². The summed E-state index contributed by atoms with van der Waals surface area (Å²) in [5.41, 5.74) is 3.60. The van der Waals surface area contributed by atoms with Crippen LogP contribution in [0.25, 0.3) is 22.5 Å². The summed E-state index contributed by atoms with van der Waals surface area (Å²) in [6.45, 7) is 2.29. The summed E-state index contributed by atoms with van der Waals surface area (Å²) in [6, 6.07) is 15.0. The Balaban J connectivity index is 1.77. The first-order valence-electron chi connectivity index (χ1n) is 8.62. The van der Waals surface area contributed by atoms with E-state index >= 15 is 0 Å². The van der Waals surface area contributed by atoms with E-state index in [1.54, 1.807) is 19.3 Å². The Morgan fingerprint density at radius 1 is 1.11 bits per heavy atom. The second kappa shape index (κ2) is 7.03. The lowest BCUT2D eigenvalue weighted by molar-refractivity contribution is 0.618. The van der Waals surface area contributed by atoms with Gasteiger partial charge in [-0.2, -0.15) is 5.10 Å². The minimum absolute atomic E-state index is 0.254. The van der Waals surface area contributed by atoms with Gasteiger partial charge in [-0.3, -0.25) is 4.98 Å². The van der Waals surface area contributed by atoms with Gasteiger partial charge in [-0.1, -0.05) is 42.5 Å². The van der Waals surface area contributed by atoms with Crippen LogP contribution >= 0.6 is 0 Å². The quantitative estimate of drug-likeness (QED) is 0.571. The third kappa shape index (κ3) is 3.44. The van der Waals surface area contributed by atoms with E-state index in [-0.39, 0.29) is 11.5 Å². The number of hydrogen-bond acceptors (Lipinski definition) is 3. The van der Waals surface area contributed by atoms with Gasteiger partial charge in [-0.25, -0.2) is 19.3 Å². The summed E-state index contributed by atoms with van der Waals surface area (Å²) in [5.74, 6) is 0.312.